The van der Waals surface area contributed by atoms with E-state index in [4.69, 9.17) is 10.3 Å². The van der Waals surface area contributed by atoms with Gasteiger partial charge in [0.25, 0.3) is 0 Å². The maximum atomic E-state index is 4.97. The Kier molecular flexibility index (Phi) is 9.28. The minimum absolute atomic E-state index is 0.0392. The van der Waals surface area contributed by atoms with Crippen LogP contribution in [0.2, 0.25) is 0 Å². The topological polar surface area (TPSA) is 28.0 Å². The summed E-state index contributed by atoms with van der Waals surface area (Å²) in [4.78, 5) is 0. The quantitative estimate of drug-likeness (QED) is 0.284. The summed E-state index contributed by atoms with van der Waals surface area (Å²) in [5.74, 6) is 1.51. The van der Waals surface area contributed by atoms with Gasteiger partial charge in [-0.1, -0.05) is 118 Å². The van der Waals surface area contributed by atoms with Crippen LogP contribution in [0.1, 0.15) is 129 Å². The van der Waals surface area contributed by atoms with Crippen molar-refractivity contribution in [1.82, 2.24) is 0 Å². The molecule has 3 heteroatoms. The first kappa shape index (κ1) is 27.8. The van der Waals surface area contributed by atoms with Gasteiger partial charge in [0.15, 0.2) is 0 Å². The van der Waals surface area contributed by atoms with Gasteiger partial charge in [-0.2, -0.15) is 0 Å². The van der Waals surface area contributed by atoms with Crippen molar-refractivity contribution in [2.24, 2.45) is 15.8 Å². The van der Waals surface area contributed by atoms with E-state index in [1.54, 1.807) is 0 Å². The van der Waals surface area contributed by atoms with Gasteiger partial charge in [0.1, 0.15) is 0 Å². The number of nitrogens with zero attached hydrogens (tertiary/aromatic N) is 3. The fourth-order valence-electron chi connectivity index (χ4n) is 4.01. The molecule has 0 bridgehead atoms. The highest BCUT2D eigenvalue weighted by molar-refractivity contribution is 5.64. The van der Waals surface area contributed by atoms with E-state index in [1.165, 1.54) is 27.8 Å². The molecule has 34 heavy (non-hydrogen) atoms. The van der Waals surface area contributed by atoms with Crippen LogP contribution in [0, 0.1) is 5.41 Å². The standard InChI is InChI=1S/C31H47N3/c1-20(2)25-15-13-16-26(21(3)4)29(25)32-33-34(19-24(9)31(10,11)12)30-27(22(5)6)17-14-18-28(30)23(7)8/h13-23H,1-12H3/b24-19+,33-32?. The Morgan fingerprint density at radius 2 is 1.09 bits per heavy atom. The summed E-state index contributed by atoms with van der Waals surface area (Å²) in [5.41, 5.74) is 8.55. The zero-order chi connectivity index (χ0) is 25.8. The monoisotopic (exact) mass is 461 g/mol. The Bertz CT molecular complexity index is 965. The van der Waals surface area contributed by atoms with E-state index in [9.17, 15) is 0 Å². The lowest BCUT2D eigenvalue weighted by Gasteiger charge is -2.28. The second-order valence-electron chi connectivity index (χ2n) is 11.8. The molecule has 0 saturated heterocycles. The highest BCUT2D eigenvalue weighted by Gasteiger charge is 2.22. The van der Waals surface area contributed by atoms with Crippen molar-refractivity contribution in [2.45, 2.75) is 107 Å². The molecule has 3 nitrogen and oxygen atoms in total. The van der Waals surface area contributed by atoms with Crippen LogP contribution in [0.5, 0.6) is 0 Å². The fraction of sp³-hybridized carbons (Fsp3) is 0.548. The molecule has 0 N–H and O–H groups in total. The Morgan fingerprint density at radius 3 is 1.44 bits per heavy atom. The predicted octanol–water partition coefficient (Wildman–Crippen LogP) is 10.6. The molecular formula is C31H47N3. The second kappa shape index (κ2) is 11.3. The van der Waals surface area contributed by atoms with Crippen molar-refractivity contribution in [3.8, 4) is 0 Å². The molecule has 0 radical (unpaired) electrons. The van der Waals surface area contributed by atoms with E-state index >= 15 is 0 Å². The highest BCUT2D eigenvalue weighted by atomic mass is 15.5. The number of hydrogen-bond donors (Lipinski definition) is 0. The molecule has 0 spiro atoms. The van der Waals surface area contributed by atoms with Crippen LogP contribution in [0.25, 0.3) is 0 Å². The first-order chi connectivity index (χ1) is 15.8. The van der Waals surface area contributed by atoms with Crippen molar-refractivity contribution in [2.75, 3.05) is 5.01 Å². The minimum atomic E-state index is 0.0392. The minimum Gasteiger partial charge on any atom is -0.222 e. The molecule has 0 aromatic heterocycles. The first-order valence-corrected chi connectivity index (χ1v) is 12.9. The van der Waals surface area contributed by atoms with Gasteiger partial charge >= 0.3 is 0 Å². The second-order valence-corrected chi connectivity index (χ2v) is 11.8. The number of rotatable bonds is 8. The van der Waals surface area contributed by atoms with Crippen molar-refractivity contribution >= 4 is 11.4 Å². The Hall–Kier alpha value is -2.42. The van der Waals surface area contributed by atoms with Crippen molar-refractivity contribution in [3.63, 3.8) is 0 Å². The first-order valence-electron chi connectivity index (χ1n) is 12.9. The van der Waals surface area contributed by atoms with Gasteiger partial charge in [0.2, 0.25) is 0 Å². The lowest BCUT2D eigenvalue weighted by atomic mass is 9.88. The Labute approximate surface area is 209 Å². The van der Waals surface area contributed by atoms with Crippen LogP contribution in [-0.2, 0) is 0 Å². The van der Waals surface area contributed by atoms with E-state index in [2.05, 4.69) is 126 Å². The molecule has 2 aromatic carbocycles. The molecule has 0 aliphatic rings. The van der Waals surface area contributed by atoms with Crippen molar-refractivity contribution < 1.29 is 0 Å². The Balaban J connectivity index is 2.83. The third-order valence-electron chi connectivity index (χ3n) is 6.65. The summed E-state index contributed by atoms with van der Waals surface area (Å²) in [6, 6.07) is 13.2. The molecule has 2 rings (SSSR count). The molecule has 186 valence electrons. The number of benzene rings is 2. The molecule has 0 aliphatic heterocycles. The summed E-state index contributed by atoms with van der Waals surface area (Å²) in [5, 5.41) is 12.0. The van der Waals surface area contributed by atoms with Gasteiger partial charge in [-0.25, -0.2) is 5.01 Å². The molecule has 0 amide bonds. The van der Waals surface area contributed by atoms with Gasteiger partial charge in [0.05, 0.1) is 11.4 Å². The molecule has 0 fully saturated rings. The Morgan fingerprint density at radius 1 is 0.706 bits per heavy atom. The fourth-order valence-corrected chi connectivity index (χ4v) is 4.01. The van der Waals surface area contributed by atoms with Crippen LogP contribution >= 0.6 is 0 Å². The average Bonchev–Trinajstić information content (AvgIpc) is 2.74. The summed E-state index contributed by atoms with van der Waals surface area (Å²) < 4.78 is 0. The normalized spacial score (nSPS) is 13.2. The lowest BCUT2D eigenvalue weighted by molar-refractivity contribution is 0.501. The summed E-state index contributed by atoms with van der Waals surface area (Å²) in [6.07, 6.45) is 2.18. The smallest absolute Gasteiger partial charge is 0.0943 e. The van der Waals surface area contributed by atoms with Gasteiger partial charge in [-0.05, 0) is 63.8 Å². The predicted molar refractivity (Wildman–Crippen MR) is 149 cm³/mol. The molecule has 0 saturated carbocycles. The van der Waals surface area contributed by atoms with Crippen LogP contribution in [0.15, 0.2) is 58.5 Å². The number of allylic oxidation sites excluding steroid dienone is 1. The number of anilines is 1. The summed E-state index contributed by atoms with van der Waals surface area (Å²) >= 11 is 0. The van der Waals surface area contributed by atoms with E-state index in [0.29, 0.717) is 23.7 Å². The van der Waals surface area contributed by atoms with E-state index in [-0.39, 0.29) is 5.41 Å². The SMILES string of the molecule is C/C(=C\N(N=Nc1c(C(C)C)cccc1C(C)C)c1c(C(C)C)cccc1C(C)C)C(C)(C)C. The maximum Gasteiger partial charge on any atom is 0.0943 e. The molecule has 0 unspecified atom stereocenters. The van der Waals surface area contributed by atoms with Crippen LogP contribution in [-0.4, -0.2) is 0 Å². The molecule has 0 aliphatic carbocycles. The van der Waals surface area contributed by atoms with E-state index < -0.39 is 0 Å². The zero-order valence-electron chi connectivity index (χ0n) is 23.7. The van der Waals surface area contributed by atoms with Gasteiger partial charge in [0, 0.05) is 6.20 Å². The van der Waals surface area contributed by atoms with Gasteiger partial charge in [-0.15, -0.1) is 5.11 Å². The van der Waals surface area contributed by atoms with E-state index in [1.807, 2.05) is 5.01 Å². The highest BCUT2D eigenvalue weighted by Crippen LogP contribution is 2.39. The summed E-state index contributed by atoms with van der Waals surface area (Å²) in [7, 11) is 0. The summed E-state index contributed by atoms with van der Waals surface area (Å²) in [6.45, 7) is 26.9. The van der Waals surface area contributed by atoms with Crippen LogP contribution in [0.4, 0.5) is 11.4 Å². The van der Waals surface area contributed by atoms with Crippen molar-refractivity contribution in [3.05, 3.63) is 70.4 Å². The average molecular weight is 462 g/mol. The number of hydrogen-bond acceptors (Lipinski definition) is 2. The third kappa shape index (κ3) is 6.58. The van der Waals surface area contributed by atoms with Crippen molar-refractivity contribution in [1.29, 1.82) is 0 Å². The molecule has 0 atom stereocenters. The maximum absolute atomic E-state index is 4.97. The van der Waals surface area contributed by atoms with Crippen LogP contribution < -0.4 is 5.01 Å². The van der Waals surface area contributed by atoms with Gasteiger partial charge < -0.3 is 0 Å². The molecule has 0 heterocycles. The van der Waals surface area contributed by atoms with E-state index in [0.717, 1.165) is 11.4 Å². The molecular weight excluding hydrogens is 414 g/mol. The number of para-hydroxylation sites is 1. The van der Waals surface area contributed by atoms with Crippen LogP contribution in [0.3, 0.4) is 0 Å². The van der Waals surface area contributed by atoms with Gasteiger partial charge in [-0.3, -0.25) is 0 Å². The lowest BCUT2D eigenvalue weighted by Crippen LogP contribution is -2.17. The largest absolute Gasteiger partial charge is 0.222 e. The molecule has 2 aromatic rings. The zero-order valence-corrected chi connectivity index (χ0v) is 23.7. The third-order valence-corrected chi connectivity index (χ3v) is 6.65.